The molecule has 0 aromatic heterocycles. The van der Waals surface area contributed by atoms with E-state index in [4.69, 9.17) is 5.11 Å². The van der Waals surface area contributed by atoms with Crippen molar-refractivity contribution in [1.29, 1.82) is 0 Å². The second-order valence-corrected chi connectivity index (χ2v) is 4.69. The third-order valence-electron chi connectivity index (χ3n) is 3.19. The lowest BCUT2D eigenvalue weighted by molar-refractivity contribution is -0.138. The Labute approximate surface area is 134 Å². The summed E-state index contributed by atoms with van der Waals surface area (Å²) in [4.78, 5) is 23.0. The van der Waals surface area contributed by atoms with Crippen molar-refractivity contribution in [1.82, 2.24) is 0 Å². The molecule has 0 bridgehead atoms. The topological polar surface area (TPSA) is 75.6 Å². The Bertz CT molecular complexity index is 787. The summed E-state index contributed by atoms with van der Waals surface area (Å²) >= 11 is 0. The molecule has 24 heavy (non-hydrogen) atoms. The van der Waals surface area contributed by atoms with Gasteiger partial charge < -0.3 is 15.2 Å². The van der Waals surface area contributed by atoms with Crippen LogP contribution in [0.2, 0.25) is 0 Å². The van der Waals surface area contributed by atoms with Gasteiger partial charge in [0.2, 0.25) is 0 Å². The molecule has 8 heteroatoms. The van der Waals surface area contributed by atoms with Crippen LogP contribution >= 0.6 is 0 Å². The molecule has 126 valence electrons. The number of methoxy groups -OCH3 is 1. The molecule has 0 spiro atoms. The second-order valence-electron chi connectivity index (χ2n) is 4.69. The molecular weight excluding hydrogens is 327 g/mol. The minimum atomic E-state index is -4.77. The summed E-state index contributed by atoms with van der Waals surface area (Å²) in [6, 6.07) is 8.75. The zero-order chi connectivity index (χ0) is 17.9. The van der Waals surface area contributed by atoms with Crippen molar-refractivity contribution in [3.8, 4) is 0 Å². The fourth-order valence-corrected chi connectivity index (χ4v) is 2.14. The van der Waals surface area contributed by atoms with E-state index >= 15 is 0 Å². The van der Waals surface area contributed by atoms with E-state index in [1.807, 2.05) is 0 Å². The van der Waals surface area contributed by atoms with Crippen molar-refractivity contribution in [3.63, 3.8) is 0 Å². The molecule has 0 radical (unpaired) electrons. The van der Waals surface area contributed by atoms with Gasteiger partial charge in [-0.15, -0.1) is 0 Å². The summed E-state index contributed by atoms with van der Waals surface area (Å²) in [6.07, 6.45) is -4.77. The molecule has 0 saturated heterocycles. The highest BCUT2D eigenvalue weighted by Gasteiger charge is 2.37. The number of ether oxygens (including phenoxy) is 1. The average molecular weight is 339 g/mol. The number of carbonyl (C=O) groups is 2. The molecule has 0 atom stereocenters. The lowest BCUT2D eigenvalue weighted by atomic mass is 10.0. The van der Waals surface area contributed by atoms with Crippen molar-refractivity contribution < 1.29 is 32.6 Å². The fraction of sp³-hybridized carbons (Fsp3) is 0.125. The van der Waals surface area contributed by atoms with Crippen LogP contribution in [-0.2, 0) is 10.9 Å². The number of benzene rings is 2. The number of nitrogens with one attached hydrogen (secondary N) is 1. The minimum Gasteiger partial charge on any atom is -0.478 e. The number of hydrogen-bond acceptors (Lipinski definition) is 4. The third kappa shape index (κ3) is 3.48. The molecule has 0 aliphatic heterocycles. The summed E-state index contributed by atoms with van der Waals surface area (Å²) in [5.41, 5.74) is -2.19. The van der Waals surface area contributed by atoms with Gasteiger partial charge in [0.05, 0.1) is 35.2 Å². The summed E-state index contributed by atoms with van der Waals surface area (Å²) in [5, 5.41) is 11.7. The van der Waals surface area contributed by atoms with Crippen molar-refractivity contribution in [2.24, 2.45) is 0 Å². The predicted octanol–water partition coefficient (Wildman–Crippen LogP) is 3.93. The number of alkyl halides is 3. The number of esters is 1. The van der Waals surface area contributed by atoms with E-state index < -0.39 is 29.2 Å². The monoisotopic (exact) mass is 339 g/mol. The number of carbonyl (C=O) groups excluding carboxylic acids is 1. The first-order valence-electron chi connectivity index (χ1n) is 6.63. The molecule has 5 nitrogen and oxygen atoms in total. The molecule has 0 aliphatic rings. The molecule has 0 unspecified atom stereocenters. The molecule has 0 saturated carbocycles. The number of carboxylic acids is 1. The van der Waals surface area contributed by atoms with Crippen LogP contribution in [-0.4, -0.2) is 24.2 Å². The normalized spacial score (nSPS) is 11.0. The molecule has 0 aliphatic carbocycles. The largest absolute Gasteiger partial charge is 0.478 e. The molecule has 0 fully saturated rings. The van der Waals surface area contributed by atoms with Crippen LogP contribution in [0.15, 0.2) is 42.5 Å². The summed E-state index contributed by atoms with van der Waals surface area (Å²) in [6.45, 7) is 0. The van der Waals surface area contributed by atoms with Crippen LogP contribution in [0.5, 0.6) is 0 Å². The predicted molar refractivity (Wildman–Crippen MR) is 79.5 cm³/mol. The van der Waals surface area contributed by atoms with Gasteiger partial charge in [0.15, 0.2) is 0 Å². The Hall–Kier alpha value is -3.03. The SMILES string of the molecule is COC(=O)c1c(Nc2ccccc2C(=O)O)cccc1C(F)(F)F. The highest BCUT2D eigenvalue weighted by Crippen LogP contribution is 2.36. The van der Waals surface area contributed by atoms with E-state index in [9.17, 15) is 22.8 Å². The Kier molecular flexibility index (Phi) is 4.77. The van der Waals surface area contributed by atoms with Crippen LogP contribution < -0.4 is 5.32 Å². The Morgan fingerprint density at radius 2 is 1.67 bits per heavy atom. The smallest absolute Gasteiger partial charge is 0.417 e. The van der Waals surface area contributed by atoms with E-state index in [1.54, 1.807) is 0 Å². The van der Waals surface area contributed by atoms with Crippen LogP contribution in [0.25, 0.3) is 0 Å². The van der Waals surface area contributed by atoms with Gasteiger partial charge in [-0.2, -0.15) is 13.2 Å². The first-order valence-corrected chi connectivity index (χ1v) is 6.63. The highest BCUT2D eigenvalue weighted by molar-refractivity contribution is 6.00. The van der Waals surface area contributed by atoms with Crippen molar-refractivity contribution in [2.45, 2.75) is 6.18 Å². The maximum atomic E-state index is 13.1. The lowest BCUT2D eigenvalue weighted by Gasteiger charge is -2.17. The van der Waals surface area contributed by atoms with Crippen molar-refractivity contribution >= 4 is 23.3 Å². The fourth-order valence-electron chi connectivity index (χ4n) is 2.14. The zero-order valence-electron chi connectivity index (χ0n) is 12.3. The number of para-hydroxylation sites is 1. The Morgan fingerprint density at radius 1 is 1.04 bits per heavy atom. The molecule has 2 rings (SSSR count). The highest BCUT2D eigenvalue weighted by atomic mass is 19.4. The quantitative estimate of drug-likeness (QED) is 0.826. The summed E-state index contributed by atoms with van der Waals surface area (Å²) in [7, 11) is 0.963. The molecule has 2 aromatic carbocycles. The molecule has 0 heterocycles. The third-order valence-corrected chi connectivity index (χ3v) is 3.19. The first kappa shape index (κ1) is 17.3. The Balaban J connectivity index is 2.60. The van der Waals surface area contributed by atoms with Gasteiger partial charge in [0.25, 0.3) is 0 Å². The molecular formula is C16H12F3NO4. The minimum absolute atomic E-state index is 0.0504. The number of anilines is 2. The number of aromatic carboxylic acids is 1. The zero-order valence-corrected chi connectivity index (χ0v) is 12.3. The van der Waals surface area contributed by atoms with Gasteiger partial charge >= 0.3 is 18.1 Å². The number of carboxylic acid groups (broad SMARTS) is 1. The van der Waals surface area contributed by atoms with Gasteiger partial charge in [-0.25, -0.2) is 9.59 Å². The van der Waals surface area contributed by atoms with Gasteiger partial charge in [0, 0.05) is 0 Å². The lowest BCUT2D eigenvalue weighted by Crippen LogP contribution is -2.16. The van der Waals surface area contributed by atoms with E-state index in [-0.39, 0.29) is 16.9 Å². The first-order chi connectivity index (χ1) is 11.3. The van der Waals surface area contributed by atoms with Crippen LogP contribution in [0, 0.1) is 0 Å². The van der Waals surface area contributed by atoms with E-state index in [0.29, 0.717) is 0 Å². The van der Waals surface area contributed by atoms with Gasteiger partial charge in [-0.1, -0.05) is 18.2 Å². The van der Waals surface area contributed by atoms with Crippen LogP contribution in [0.1, 0.15) is 26.3 Å². The summed E-state index contributed by atoms with van der Waals surface area (Å²) in [5.74, 6) is -2.44. The van der Waals surface area contributed by atoms with Crippen molar-refractivity contribution in [2.75, 3.05) is 12.4 Å². The van der Waals surface area contributed by atoms with Crippen LogP contribution in [0.4, 0.5) is 24.5 Å². The van der Waals surface area contributed by atoms with E-state index in [2.05, 4.69) is 10.1 Å². The van der Waals surface area contributed by atoms with E-state index in [1.165, 1.54) is 30.3 Å². The number of halogens is 3. The second kappa shape index (κ2) is 6.61. The van der Waals surface area contributed by atoms with Crippen molar-refractivity contribution in [3.05, 3.63) is 59.2 Å². The average Bonchev–Trinajstić information content (AvgIpc) is 2.53. The number of hydrogen-bond donors (Lipinski definition) is 2. The Morgan fingerprint density at radius 3 is 2.25 bits per heavy atom. The summed E-state index contributed by atoms with van der Waals surface area (Å²) < 4.78 is 43.9. The maximum Gasteiger partial charge on any atom is 0.417 e. The molecule has 2 aromatic rings. The standard InChI is InChI=1S/C16H12F3NO4/c1-24-15(23)13-10(16(17,18)19)6-4-8-12(13)20-11-7-3-2-5-9(11)14(21)22/h2-8,20H,1H3,(H,21,22). The van der Waals surface area contributed by atoms with E-state index in [0.717, 1.165) is 19.2 Å². The van der Waals surface area contributed by atoms with Gasteiger partial charge in [-0.05, 0) is 24.3 Å². The number of rotatable bonds is 4. The van der Waals surface area contributed by atoms with Gasteiger partial charge in [-0.3, -0.25) is 0 Å². The van der Waals surface area contributed by atoms with Crippen LogP contribution in [0.3, 0.4) is 0 Å². The molecule has 2 N–H and O–H groups in total. The van der Waals surface area contributed by atoms with Gasteiger partial charge in [0.1, 0.15) is 0 Å². The maximum absolute atomic E-state index is 13.1. The molecule has 0 amide bonds.